The maximum atomic E-state index is 13.9. The summed E-state index contributed by atoms with van der Waals surface area (Å²) in [7, 11) is -3.85. The number of oxime groups is 1. The maximum Gasteiger partial charge on any atom is 0.268 e. The number of para-hydroxylation sites is 1. The smallest absolute Gasteiger partial charge is 0.268 e. The molecule has 1 N–H and O–H groups in total. The molecule has 5 rings (SSSR count). The predicted molar refractivity (Wildman–Crippen MR) is 140 cm³/mol. The van der Waals surface area contributed by atoms with Gasteiger partial charge in [-0.3, -0.25) is 4.90 Å². The highest BCUT2D eigenvalue weighted by molar-refractivity contribution is 7.90. The van der Waals surface area contributed by atoms with Gasteiger partial charge in [-0.1, -0.05) is 71.9 Å². The summed E-state index contributed by atoms with van der Waals surface area (Å²) in [5.41, 5.74) is 3.06. The summed E-state index contributed by atoms with van der Waals surface area (Å²) in [5, 5.41) is 13.9. The first kappa shape index (κ1) is 24.2. The molecule has 0 aliphatic carbocycles. The molecule has 0 radical (unpaired) electrons. The number of fused-ring (bicyclic) bond motifs is 1. The van der Waals surface area contributed by atoms with Crippen LogP contribution in [0.2, 0.25) is 0 Å². The van der Waals surface area contributed by atoms with Gasteiger partial charge < -0.3 is 9.94 Å². The van der Waals surface area contributed by atoms with Gasteiger partial charge in [-0.2, -0.15) is 0 Å². The molecule has 1 aromatic heterocycles. The Labute approximate surface area is 211 Å². The summed E-state index contributed by atoms with van der Waals surface area (Å²) >= 11 is 0. The van der Waals surface area contributed by atoms with E-state index >= 15 is 0 Å². The molecule has 4 aromatic rings. The van der Waals surface area contributed by atoms with Crippen LogP contribution in [0.25, 0.3) is 10.9 Å². The fourth-order valence-corrected chi connectivity index (χ4v) is 6.42. The molecular formula is C28H29N3O4S. The Morgan fingerprint density at radius 3 is 2.39 bits per heavy atom. The van der Waals surface area contributed by atoms with Crippen LogP contribution in [-0.2, 0) is 21.4 Å². The van der Waals surface area contributed by atoms with Crippen molar-refractivity contribution in [2.45, 2.75) is 30.4 Å². The first-order valence-electron chi connectivity index (χ1n) is 12.0. The number of piperidine rings is 1. The minimum atomic E-state index is -3.85. The summed E-state index contributed by atoms with van der Waals surface area (Å²) in [6.07, 6.45) is 1.06. The summed E-state index contributed by atoms with van der Waals surface area (Å²) in [4.78, 5) is 2.46. The average molecular weight is 504 g/mol. The second-order valence-electron chi connectivity index (χ2n) is 8.92. The lowest BCUT2D eigenvalue weighted by Gasteiger charge is -2.36. The number of benzene rings is 3. The molecule has 1 atom stereocenters. The number of hydrogen-bond acceptors (Lipinski definition) is 6. The van der Waals surface area contributed by atoms with Gasteiger partial charge >= 0.3 is 0 Å². The van der Waals surface area contributed by atoms with Crippen molar-refractivity contribution in [2.24, 2.45) is 5.16 Å². The molecule has 36 heavy (non-hydrogen) atoms. The Hall–Kier alpha value is -3.46. The molecule has 186 valence electrons. The summed E-state index contributed by atoms with van der Waals surface area (Å²) < 4.78 is 35.2. The number of rotatable bonds is 8. The molecule has 3 aromatic carbocycles. The van der Waals surface area contributed by atoms with Crippen LogP contribution < -0.4 is 0 Å². The zero-order valence-corrected chi connectivity index (χ0v) is 20.7. The number of aromatic nitrogens is 1. The SMILES string of the molecule is O=S(=O)(c1ccccc1)n1c(C2C/C(=N/O)CCN2CCOCc2ccccc2)cc2ccccc21. The van der Waals surface area contributed by atoms with Crippen LogP contribution in [0.4, 0.5) is 0 Å². The van der Waals surface area contributed by atoms with Gasteiger partial charge in [-0.05, 0) is 29.8 Å². The zero-order chi connectivity index (χ0) is 25.0. The monoisotopic (exact) mass is 503 g/mol. The highest BCUT2D eigenvalue weighted by Crippen LogP contribution is 2.36. The van der Waals surface area contributed by atoms with Gasteiger partial charge in [0.15, 0.2) is 0 Å². The van der Waals surface area contributed by atoms with E-state index in [2.05, 4.69) is 10.1 Å². The topological polar surface area (TPSA) is 84.1 Å². The minimum absolute atomic E-state index is 0.234. The van der Waals surface area contributed by atoms with Gasteiger partial charge in [0.05, 0.1) is 41.1 Å². The highest BCUT2D eigenvalue weighted by Gasteiger charge is 2.33. The lowest BCUT2D eigenvalue weighted by atomic mass is 9.97. The third-order valence-corrected chi connectivity index (χ3v) is 8.41. The third-order valence-electron chi connectivity index (χ3n) is 6.65. The van der Waals surface area contributed by atoms with Crippen molar-refractivity contribution in [2.75, 3.05) is 19.7 Å². The van der Waals surface area contributed by atoms with E-state index in [0.717, 1.165) is 10.9 Å². The van der Waals surface area contributed by atoms with E-state index in [-0.39, 0.29) is 10.9 Å². The molecular weight excluding hydrogens is 474 g/mol. The van der Waals surface area contributed by atoms with Crippen LogP contribution >= 0.6 is 0 Å². The molecule has 7 nitrogen and oxygen atoms in total. The Morgan fingerprint density at radius 1 is 0.944 bits per heavy atom. The second-order valence-corrected chi connectivity index (χ2v) is 10.7. The van der Waals surface area contributed by atoms with Crippen LogP contribution in [0.5, 0.6) is 0 Å². The number of likely N-dealkylation sites (tertiary alicyclic amines) is 1. The van der Waals surface area contributed by atoms with Crippen LogP contribution in [0.1, 0.15) is 30.1 Å². The molecule has 1 saturated heterocycles. The second kappa shape index (κ2) is 10.7. The van der Waals surface area contributed by atoms with Crippen molar-refractivity contribution < 1.29 is 18.4 Å². The zero-order valence-electron chi connectivity index (χ0n) is 19.9. The van der Waals surface area contributed by atoms with Crippen LogP contribution in [-0.4, -0.2) is 47.9 Å². The summed E-state index contributed by atoms with van der Waals surface area (Å²) in [5.74, 6) is 0. The molecule has 1 unspecified atom stereocenters. The van der Waals surface area contributed by atoms with Gasteiger partial charge in [0.2, 0.25) is 0 Å². The average Bonchev–Trinajstić information content (AvgIpc) is 3.32. The molecule has 2 heterocycles. The molecule has 1 aliphatic heterocycles. The van der Waals surface area contributed by atoms with Crippen molar-refractivity contribution >= 4 is 26.6 Å². The van der Waals surface area contributed by atoms with Crippen molar-refractivity contribution in [1.29, 1.82) is 0 Å². The van der Waals surface area contributed by atoms with Gasteiger partial charge in [0, 0.05) is 31.3 Å². The molecule has 0 spiro atoms. The van der Waals surface area contributed by atoms with Crippen molar-refractivity contribution in [3.05, 3.63) is 102 Å². The summed E-state index contributed by atoms with van der Waals surface area (Å²) in [6, 6.07) is 27.7. The largest absolute Gasteiger partial charge is 0.411 e. The van der Waals surface area contributed by atoms with E-state index < -0.39 is 10.0 Å². The van der Waals surface area contributed by atoms with E-state index in [4.69, 9.17) is 4.74 Å². The van der Waals surface area contributed by atoms with E-state index in [1.54, 1.807) is 30.3 Å². The molecule has 0 bridgehead atoms. The molecule has 1 aliphatic rings. The van der Waals surface area contributed by atoms with Crippen LogP contribution in [0.3, 0.4) is 0 Å². The van der Waals surface area contributed by atoms with E-state index in [1.165, 1.54) is 3.97 Å². The van der Waals surface area contributed by atoms with E-state index in [9.17, 15) is 13.6 Å². The molecule has 1 fully saturated rings. The Morgan fingerprint density at radius 2 is 1.64 bits per heavy atom. The normalized spacial score (nSPS) is 18.1. The maximum absolute atomic E-state index is 13.9. The predicted octanol–water partition coefficient (Wildman–Crippen LogP) is 5.06. The van der Waals surface area contributed by atoms with Crippen LogP contribution in [0.15, 0.2) is 101 Å². The van der Waals surface area contributed by atoms with Gasteiger partial charge in [-0.15, -0.1) is 0 Å². The molecule has 0 saturated carbocycles. The Balaban J connectivity index is 1.49. The number of ether oxygens (including phenoxy) is 1. The van der Waals surface area contributed by atoms with Gasteiger partial charge in [0.25, 0.3) is 10.0 Å². The van der Waals surface area contributed by atoms with Crippen molar-refractivity contribution in [3.63, 3.8) is 0 Å². The number of hydrogen-bond donors (Lipinski definition) is 1. The van der Waals surface area contributed by atoms with Crippen LogP contribution in [0, 0.1) is 0 Å². The minimum Gasteiger partial charge on any atom is -0.411 e. The highest BCUT2D eigenvalue weighted by atomic mass is 32.2. The quantitative estimate of drug-likeness (QED) is 0.206. The van der Waals surface area contributed by atoms with Crippen molar-refractivity contribution in [3.8, 4) is 0 Å². The van der Waals surface area contributed by atoms with Crippen molar-refractivity contribution in [1.82, 2.24) is 8.87 Å². The number of nitrogens with zero attached hydrogens (tertiary/aromatic N) is 3. The fourth-order valence-electron chi connectivity index (χ4n) is 4.83. The fraction of sp³-hybridized carbons (Fsp3) is 0.250. The lowest BCUT2D eigenvalue weighted by Crippen LogP contribution is -2.40. The van der Waals surface area contributed by atoms with E-state index in [1.807, 2.05) is 60.7 Å². The Kier molecular flexibility index (Phi) is 7.18. The first-order valence-corrected chi connectivity index (χ1v) is 13.5. The summed E-state index contributed by atoms with van der Waals surface area (Å²) in [6.45, 7) is 2.29. The standard InChI is InChI=1S/C28H29N3O4S/c32-29-24-15-16-30(17-18-35-21-22-9-3-1-4-10-22)27(20-24)28-19-23-11-7-8-14-26(23)31(28)36(33,34)25-12-5-2-6-13-25/h1-14,19,27,32H,15-18,20-21H2/b29-24+. The van der Waals surface area contributed by atoms with Gasteiger partial charge in [0.1, 0.15) is 0 Å². The molecule has 0 amide bonds. The van der Waals surface area contributed by atoms with Gasteiger partial charge in [-0.25, -0.2) is 12.4 Å². The third kappa shape index (κ3) is 4.93. The molecule has 8 heteroatoms. The van der Waals surface area contributed by atoms with E-state index in [0.29, 0.717) is 56.1 Å². The Bertz CT molecular complexity index is 1450. The lowest BCUT2D eigenvalue weighted by molar-refractivity contribution is 0.0742. The first-order chi connectivity index (χ1) is 17.6.